The number of ketones is 1. The van der Waals surface area contributed by atoms with Gasteiger partial charge in [-0.05, 0) is 37.1 Å². The Balaban J connectivity index is 2.50. The molecule has 1 aromatic carbocycles. The Morgan fingerprint density at radius 1 is 1.33 bits per heavy atom. The van der Waals surface area contributed by atoms with E-state index in [2.05, 4.69) is 13.8 Å². The molecule has 0 aliphatic rings. The molecule has 0 saturated carbocycles. The fourth-order valence-electron chi connectivity index (χ4n) is 1.54. The topological polar surface area (TPSA) is 26.3 Å². The van der Waals surface area contributed by atoms with Gasteiger partial charge >= 0.3 is 0 Å². The zero-order chi connectivity index (χ0) is 13.4. The van der Waals surface area contributed by atoms with Crippen LogP contribution in [0.4, 0.5) is 0 Å². The third-order valence-corrected chi connectivity index (χ3v) is 3.55. The molecule has 0 radical (unpaired) electrons. The zero-order valence-electron chi connectivity index (χ0n) is 11.4. The molecule has 1 rings (SSSR count). The van der Waals surface area contributed by atoms with Crippen molar-refractivity contribution in [1.29, 1.82) is 0 Å². The Labute approximate surface area is 114 Å². The highest BCUT2D eigenvalue weighted by atomic mass is 32.2. The molecule has 0 saturated heterocycles. The molecule has 0 heterocycles. The second kappa shape index (κ2) is 8.20. The van der Waals surface area contributed by atoms with Crippen LogP contribution in [0.15, 0.2) is 24.3 Å². The molecule has 18 heavy (non-hydrogen) atoms. The zero-order valence-corrected chi connectivity index (χ0v) is 12.3. The van der Waals surface area contributed by atoms with Crippen molar-refractivity contribution in [1.82, 2.24) is 0 Å². The van der Waals surface area contributed by atoms with Crippen molar-refractivity contribution in [3.63, 3.8) is 0 Å². The summed E-state index contributed by atoms with van der Waals surface area (Å²) in [7, 11) is 0. The standard InChI is InChI=1S/C15H22O2S/c1-4-17-15-8-6-5-7-13(15)14(16)11-18-10-9-12(2)3/h5-8,12H,4,9-11H2,1-3H3. The maximum absolute atomic E-state index is 12.1. The van der Waals surface area contributed by atoms with Gasteiger partial charge in [0.1, 0.15) is 5.75 Å². The molecule has 0 aliphatic carbocycles. The number of ether oxygens (including phenoxy) is 1. The molecule has 0 aromatic heterocycles. The molecule has 0 atom stereocenters. The van der Waals surface area contributed by atoms with Gasteiger partial charge in [-0.3, -0.25) is 4.79 Å². The van der Waals surface area contributed by atoms with E-state index in [9.17, 15) is 4.79 Å². The molecular formula is C15H22O2S. The molecule has 0 fully saturated rings. The van der Waals surface area contributed by atoms with Gasteiger partial charge in [0.05, 0.1) is 17.9 Å². The van der Waals surface area contributed by atoms with Crippen LogP contribution in [0.25, 0.3) is 0 Å². The van der Waals surface area contributed by atoms with Crippen LogP contribution in [0.3, 0.4) is 0 Å². The maximum atomic E-state index is 12.1. The van der Waals surface area contributed by atoms with E-state index in [-0.39, 0.29) is 5.78 Å². The van der Waals surface area contributed by atoms with Crippen LogP contribution < -0.4 is 4.74 Å². The number of carbonyl (C=O) groups is 1. The average molecular weight is 266 g/mol. The summed E-state index contributed by atoms with van der Waals surface area (Å²) >= 11 is 1.71. The third-order valence-electron chi connectivity index (χ3n) is 2.56. The van der Waals surface area contributed by atoms with Gasteiger partial charge in [0.25, 0.3) is 0 Å². The summed E-state index contributed by atoms with van der Waals surface area (Å²) in [6.45, 7) is 6.92. The predicted octanol–water partition coefficient (Wildman–Crippen LogP) is 4.05. The van der Waals surface area contributed by atoms with Crippen LogP contribution in [0.2, 0.25) is 0 Å². The molecule has 0 spiro atoms. The number of para-hydroxylation sites is 1. The first-order valence-electron chi connectivity index (χ1n) is 6.48. The van der Waals surface area contributed by atoms with Gasteiger partial charge in [-0.15, -0.1) is 0 Å². The number of rotatable bonds is 8. The summed E-state index contributed by atoms with van der Waals surface area (Å²) in [5.74, 6) is 3.14. The Bertz CT molecular complexity index is 375. The van der Waals surface area contributed by atoms with E-state index in [1.807, 2.05) is 31.2 Å². The van der Waals surface area contributed by atoms with Crippen LogP contribution >= 0.6 is 11.8 Å². The highest BCUT2D eigenvalue weighted by Crippen LogP contribution is 2.20. The van der Waals surface area contributed by atoms with Gasteiger partial charge in [-0.2, -0.15) is 11.8 Å². The lowest BCUT2D eigenvalue weighted by atomic mass is 10.1. The number of benzene rings is 1. The van der Waals surface area contributed by atoms with E-state index in [0.717, 1.165) is 12.2 Å². The highest BCUT2D eigenvalue weighted by molar-refractivity contribution is 7.99. The molecule has 1 aromatic rings. The van der Waals surface area contributed by atoms with Crippen LogP contribution in [0.1, 0.15) is 37.6 Å². The van der Waals surface area contributed by atoms with E-state index < -0.39 is 0 Å². The van der Waals surface area contributed by atoms with Crippen LogP contribution in [0, 0.1) is 5.92 Å². The van der Waals surface area contributed by atoms with E-state index >= 15 is 0 Å². The Morgan fingerprint density at radius 3 is 2.72 bits per heavy atom. The molecule has 3 heteroatoms. The minimum Gasteiger partial charge on any atom is -0.493 e. The highest BCUT2D eigenvalue weighted by Gasteiger charge is 2.11. The van der Waals surface area contributed by atoms with Crippen molar-refractivity contribution in [2.75, 3.05) is 18.1 Å². The molecule has 0 N–H and O–H groups in total. The first-order valence-corrected chi connectivity index (χ1v) is 7.63. The van der Waals surface area contributed by atoms with Crippen molar-refractivity contribution < 1.29 is 9.53 Å². The van der Waals surface area contributed by atoms with E-state index in [1.165, 1.54) is 0 Å². The number of hydrogen-bond acceptors (Lipinski definition) is 3. The molecule has 0 amide bonds. The van der Waals surface area contributed by atoms with Crippen molar-refractivity contribution in [2.24, 2.45) is 5.92 Å². The van der Waals surface area contributed by atoms with Gasteiger partial charge in [0.2, 0.25) is 0 Å². The second-order valence-electron chi connectivity index (χ2n) is 4.59. The number of Topliss-reactive ketones (excluding diaryl/α,β-unsaturated/α-hetero) is 1. The predicted molar refractivity (Wildman–Crippen MR) is 78.7 cm³/mol. The summed E-state index contributed by atoms with van der Waals surface area (Å²) in [5, 5.41) is 0. The third kappa shape index (κ3) is 5.13. The van der Waals surface area contributed by atoms with Crippen LogP contribution in [-0.2, 0) is 0 Å². The normalized spacial score (nSPS) is 10.7. The lowest BCUT2D eigenvalue weighted by Crippen LogP contribution is -2.07. The summed E-state index contributed by atoms with van der Waals surface area (Å²) < 4.78 is 5.47. The maximum Gasteiger partial charge on any atom is 0.176 e. The Hall–Kier alpha value is -0.960. The minimum atomic E-state index is 0.160. The summed E-state index contributed by atoms with van der Waals surface area (Å²) in [6, 6.07) is 7.48. The summed E-state index contributed by atoms with van der Waals surface area (Å²) in [4.78, 5) is 12.1. The monoisotopic (exact) mass is 266 g/mol. The molecule has 2 nitrogen and oxygen atoms in total. The fourth-order valence-corrected chi connectivity index (χ4v) is 2.66. The Kier molecular flexibility index (Phi) is 6.88. The van der Waals surface area contributed by atoms with Crippen LogP contribution in [0.5, 0.6) is 5.75 Å². The lowest BCUT2D eigenvalue weighted by Gasteiger charge is -2.09. The SMILES string of the molecule is CCOc1ccccc1C(=O)CSCCC(C)C. The number of carbonyl (C=O) groups excluding carboxylic acids is 1. The van der Waals surface area contributed by atoms with Crippen molar-refractivity contribution in [2.45, 2.75) is 27.2 Å². The van der Waals surface area contributed by atoms with Gasteiger partial charge in [0, 0.05) is 0 Å². The van der Waals surface area contributed by atoms with Crippen molar-refractivity contribution in [3.8, 4) is 5.75 Å². The molecular weight excluding hydrogens is 244 g/mol. The quantitative estimate of drug-likeness (QED) is 0.524. The molecule has 0 aliphatic heterocycles. The Morgan fingerprint density at radius 2 is 2.06 bits per heavy atom. The van der Waals surface area contributed by atoms with Gasteiger partial charge in [0.15, 0.2) is 5.78 Å². The average Bonchev–Trinajstić information content (AvgIpc) is 2.35. The van der Waals surface area contributed by atoms with Crippen LogP contribution in [-0.4, -0.2) is 23.9 Å². The largest absolute Gasteiger partial charge is 0.493 e. The van der Waals surface area contributed by atoms with E-state index in [0.29, 0.717) is 29.6 Å². The fraction of sp³-hybridized carbons (Fsp3) is 0.533. The van der Waals surface area contributed by atoms with E-state index in [1.54, 1.807) is 11.8 Å². The van der Waals surface area contributed by atoms with E-state index in [4.69, 9.17) is 4.74 Å². The van der Waals surface area contributed by atoms with Crippen molar-refractivity contribution >= 4 is 17.5 Å². The molecule has 0 bridgehead atoms. The van der Waals surface area contributed by atoms with Crippen molar-refractivity contribution in [3.05, 3.63) is 29.8 Å². The lowest BCUT2D eigenvalue weighted by molar-refractivity contribution is 0.101. The van der Waals surface area contributed by atoms with Gasteiger partial charge < -0.3 is 4.74 Å². The number of hydrogen-bond donors (Lipinski definition) is 0. The molecule has 0 unspecified atom stereocenters. The number of thioether (sulfide) groups is 1. The minimum absolute atomic E-state index is 0.160. The van der Waals surface area contributed by atoms with Gasteiger partial charge in [-0.1, -0.05) is 26.0 Å². The first kappa shape index (κ1) is 15.1. The summed E-state index contributed by atoms with van der Waals surface area (Å²) in [6.07, 6.45) is 1.16. The smallest absolute Gasteiger partial charge is 0.176 e. The first-order chi connectivity index (χ1) is 8.65. The summed E-state index contributed by atoms with van der Waals surface area (Å²) in [5.41, 5.74) is 0.705. The van der Waals surface area contributed by atoms with Gasteiger partial charge in [-0.25, -0.2) is 0 Å². The second-order valence-corrected chi connectivity index (χ2v) is 5.69. The molecule has 100 valence electrons.